The maximum absolute atomic E-state index is 14.5. The summed E-state index contributed by atoms with van der Waals surface area (Å²) in [6.07, 6.45) is 3.53. The molecule has 2 fully saturated rings. The van der Waals surface area contributed by atoms with Crippen molar-refractivity contribution in [1.29, 1.82) is 5.26 Å². The second-order valence-electron chi connectivity index (χ2n) is 8.92. The Labute approximate surface area is 191 Å². The van der Waals surface area contributed by atoms with Gasteiger partial charge in [-0.2, -0.15) is 9.57 Å². The molecule has 4 rings (SSSR count). The second-order valence-corrected chi connectivity index (χ2v) is 10.9. The lowest BCUT2D eigenvalue weighted by atomic mass is 9.81. The number of fused-ring (bicyclic) bond motifs is 1. The lowest BCUT2D eigenvalue weighted by molar-refractivity contribution is 0.0698. The summed E-state index contributed by atoms with van der Waals surface area (Å²) in [5.41, 5.74) is 0.0791. The molecule has 2 aromatic rings. The number of rotatable bonds is 3. The normalized spacial score (nSPS) is 19.5. The smallest absolute Gasteiger partial charge is 0.257 e. The molecule has 2 aliphatic rings. The number of aromatic nitrogens is 1. The fraction of sp³-hybridized carbons (Fsp3) is 0.500. The van der Waals surface area contributed by atoms with Crippen molar-refractivity contribution in [3.8, 4) is 6.07 Å². The molecular weight excluding hydrogens is 452 g/mol. The van der Waals surface area contributed by atoms with E-state index in [4.69, 9.17) is 0 Å². The summed E-state index contributed by atoms with van der Waals surface area (Å²) in [6, 6.07) is 4.26. The molecule has 0 radical (unpaired) electrons. The number of hydrogen-bond acceptors (Lipinski definition) is 6. The maximum atomic E-state index is 14.5. The number of amides is 1. The van der Waals surface area contributed by atoms with Gasteiger partial charge in [0.1, 0.15) is 11.3 Å². The molecule has 0 N–H and O–H groups in total. The molecule has 0 atom stereocenters. The van der Waals surface area contributed by atoms with Gasteiger partial charge in [-0.05, 0) is 25.8 Å². The number of carbonyl (C=O) groups excluding carboxylic acids is 1. The zero-order valence-corrected chi connectivity index (χ0v) is 19.3. The van der Waals surface area contributed by atoms with Crippen LogP contribution in [-0.4, -0.2) is 74.0 Å². The van der Waals surface area contributed by atoms with E-state index < -0.39 is 27.1 Å². The van der Waals surface area contributed by atoms with Crippen molar-refractivity contribution in [1.82, 2.24) is 14.2 Å². The first kappa shape index (κ1) is 23.3. The first-order chi connectivity index (χ1) is 15.5. The number of anilines is 1. The summed E-state index contributed by atoms with van der Waals surface area (Å²) in [4.78, 5) is 21.0. The van der Waals surface area contributed by atoms with Gasteiger partial charge < -0.3 is 9.80 Å². The molecule has 0 aliphatic carbocycles. The first-order valence-electron chi connectivity index (χ1n) is 10.7. The van der Waals surface area contributed by atoms with Crippen molar-refractivity contribution in [3.63, 3.8) is 0 Å². The van der Waals surface area contributed by atoms with E-state index in [2.05, 4.69) is 11.1 Å². The second kappa shape index (κ2) is 8.50. The predicted octanol–water partition coefficient (Wildman–Crippen LogP) is 2.36. The van der Waals surface area contributed by atoms with Gasteiger partial charge in [-0.15, -0.1) is 0 Å². The largest absolute Gasteiger partial charge is 0.370 e. The Bertz CT molecular complexity index is 1240. The number of pyridine rings is 1. The molecule has 1 aromatic heterocycles. The summed E-state index contributed by atoms with van der Waals surface area (Å²) < 4.78 is 53.6. The van der Waals surface area contributed by atoms with Gasteiger partial charge >= 0.3 is 0 Å². The van der Waals surface area contributed by atoms with Crippen LogP contribution in [0.4, 0.5) is 14.5 Å². The third kappa shape index (κ3) is 4.50. The van der Waals surface area contributed by atoms with E-state index in [1.807, 2.05) is 11.8 Å². The van der Waals surface area contributed by atoms with Crippen molar-refractivity contribution in [2.75, 3.05) is 50.4 Å². The molecule has 0 saturated carbocycles. The SMILES string of the molecule is CC1(C#N)CCN(c2c(C(=O)N3CCN(S(C)(=O)=O)CC3)cnc3c(F)cc(F)cc23)CC1. The summed E-state index contributed by atoms with van der Waals surface area (Å²) in [5, 5.41) is 9.66. The first-order valence-corrected chi connectivity index (χ1v) is 12.6. The Morgan fingerprint density at radius 2 is 1.76 bits per heavy atom. The average molecular weight is 478 g/mol. The van der Waals surface area contributed by atoms with E-state index in [0.29, 0.717) is 31.6 Å². The van der Waals surface area contributed by atoms with Crippen molar-refractivity contribution in [3.05, 3.63) is 35.5 Å². The molecule has 0 spiro atoms. The van der Waals surface area contributed by atoms with Crippen molar-refractivity contribution in [2.24, 2.45) is 5.41 Å². The number of nitriles is 1. The summed E-state index contributed by atoms with van der Waals surface area (Å²) in [7, 11) is -3.35. The lowest BCUT2D eigenvalue weighted by Crippen LogP contribution is -2.50. The number of hydrogen-bond donors (Lipinski definition) is 0. The van der Waals surface area contributed by atoms with Gasteiger partial charge in [0.05, 0.1) is 29.0 Å². The van der Waals surface area contributed by atoms with Crippen LogP contribution >= 0.6 is 0 Å². The van der Waals surface area contributed by atoms with E-state index in [0.717, 1.165) is 12.3 Å². The van der Waals surface area contributed by atoms with Gasteiger partial charge in [0.25, 0.3) is 5.91 Å². The molecule has 176 valence electrons. The van der Waals surface area contributed by atoms with Gasteiger partial charge in [0, 0.05) is 56.9 Å². The molecule has 1 amide bonds. The van der Waals surface area contributed by atoms with E-state index in [9.17, 15) is 27.3 Å². The van der Waals surface area contributed by atoms with Crippen LogP contribution in [0.2, 0.25) is 0 Å². The van der Waals surface area contributed by atoms with Crippen molar-refractivity contribution in [2.45, 2.75) is 19.8 Å². The third-order valence-electron chi connectivity index (χ3n) is 6.54. The Hall–Kier alpha value is -2.84. The van der Waals surface area contributed by atoms with Crippen LogP contribution in [0.15, 0.2) is 18.3 Å². The van der Waals surface area contributed by atoms with Crippen LogP contribution in [0.25, 0.3) is 10.9 Å². The number of carbonyl (C=O) groups is 1. The highest BCUT2D eigenvalue weighted by Gasteiger charge is 2.34. The van der Waals surface area contributed by atoms with Gasteiger partial charge in [-0.1, -0.05) is 0 Å². The molecule has 33 heavy (non-hydrogen) atoms. The molecule has 2 aliphatic heterocycles. The number of piperidine rings is 1. The molecule has 3 heterocycles. The van der Waals surface area contributed by atoms with Crippen LogP contribution in [0, 0.1) is 28.4 Å². The molecule has 8 nitrogen and oxygen atoms in total. The molecular formula is C22H25F2N5O3S. The van der Waals surface area contributed by atoms with E-state index in [1.54, 1.807) is 0 Å². The Balaban J connectivity index is 1.73. The van der Waals surface area contributed by atoms with E-state index in [-0.39, 0.29) is 48.6 Å². The lowest BCUT2D eigenvalue weighted by Gasteiger charge is -2.38. The van der Waals surface area contributed by atoms with Gasteiger partial charge in [-0.3, -0.25) is 9.78 Å². The van der Waals surface area contributed by atoms with Crippen LogP contribution < -0.4 is 4.90 Å². The topological polar surface area (TPSA) is 97.6 Å². The molecule has 11 heteroatoms. The predicted molar refractivity (Wildman–Crippen MR) is 119 cm³/mol. The Morgan fingerprint density at radius 1 is 1.12 bits per heavy atom. The van der Waals surface area contributed by atoms with Gasteiger partial charge in [-0.25, -0.2) is 17.2 Å². The fourth-order valence-corrected chi connectivity index (χ4v) is 5.27. The van der Waals surface area contributed by atoms with Crippen LogP contribution in [0.1, 0.15) is 30.1 Å². The number of benzene rings is 1. The van der Waals surface area contributed by atoms with Crippen LogP contribution in [0.5, 0.6) is 0 Å². The molecule has 1 aromatic carbocycles. The zero-order valence-electron chi connectivity index (χ0n) is 18.5. The molecule has 0 bridgehead atoms. The minimum absolute atomic E-state index is 0.0292. The van der Waals surface area contributed by atoms with Gasteiger partial charge in [0.15, 0.2) is 5.82 Å². The monoisotopic (exact) mass is 477 g/mol. The Morgan fingerprint density at radius 3 is 2.33 bits per heavy atom. The number of piperazine rings is 1. The maximum Gasteiger partial charge on any atom is 0.257 e. The summed E-state index contributed by atoms with van der Waals surface area (Å²) >= 11 is 0. The highest BCUT2D eigenvalue weighted by Crippen LogP contribution is 2.38. The minimum atomic E-state index is -3.35. The summed E-state index contributed by atoms with van der Waals surface area (Å²) in [6.45, 7) is 3.53. The van der Waals surface area contributed by atoms with Crippen LogP contribution in [0.3, 0.4) is 0 Å². The zero-order chi connectivity index (χ0) is 24.0. The number of sulfonamides is 1. The summed E-state index contributed by atoms with van der Waals surface area (Å²) in [5.74, 6) is -1.95. The number of nitrogens with zero attached hydrogens (tertiary/aromatic N) is 5. The molecule has 0 unspecified atom stereocenters. The molecule has 2 saturated heterocycles. The Kier molecular flexibility index (Phi) is 6.01. The highest BCUT2D eigenvalue weighted by molar-refractivity contribution is 7.88. The van der Waals surface area contributed by atoms with Crippen molar-refractivity contribution >= 4 is 32.5 Å². The van der Waals surface area contributed by atoms with E-state index >= 15 is 0 Å². The quantitative estimate of drug-likeness (QED) is 0.673. The van der Waals surface area contributed by atoms with E-state index in [1.165, 1.54) is 21.5 Å². The average Bonchev–Trinajstić information content (AvgIpc) is 2.78. The highest BCUT2D eigenvalue weighted by atomic mass is 32.2. The van der Waals surface area contributed by atoms with Gasteiger partial charge in [0.2, 0.25) is 10.0 Å². The van der Waals surface area contributed by atoms with Crippen molar-refractivity contribution < 1.29 is 22.0 Å². The third-order valence-corrected chi connectivity index (χ3v) is 7.84. The standard InChI is InChI=1S/C22H25F2N5O3S/c1-22(14-25)3-5-27(6-4-22)20-16-11-15(23)12-18(24)19(16)26-13-17(20)21(30)28-7-9-29(10-8-28)33(2,31)32/h11-13H,3-10H2,1-2H3. The minimum Gasteiger partial charge on any atom is -0.370 e. The van der Waals surface area contributed by atoms with Crippen LogP contribution in [-0.2, 0) is 10.0 Å². The number of halogens is 2. The fourth-order valence-electron chi connectivity index (χ4n) is 4.44.